The van der Waals surface area contributed by atoms with Crippen molar-refractivity contribution in [3.05, 3.63) is 47.6 Å². The zero-order valence-corrected chi connectivity index (χ0v) is 12.2. The van der Waals surface area contributed by atoms with E-state index in [4.69, 9.17) is 9.63 Å². The van der Waals surface area contributed by atoms with Gasteiger partial charge in [-0.3, -0.25) is 9.69 Å². The van der Waals surface area contributed by atoms with Gasteiger partial charge in [0.1, 0.15) is 6.04 Å². The fourth-order valence-electron chi connectivity index (χ4n) is 1.90. The minimum Gasteiger partial charge on any atom is -0.480 e. The highest BCUT2D eigenvalue weighted by Gasteiger charge is 2.19. The van der Waals surface area contributed by atoms with Gasteiger partial charge in [0.05, 0.1) is 6.54 Å². The molecule has 1 N–H and O–H groups in total. The number of benzene rings is 1. The Bertz CT molecular complexity index is 583. The number of carbonyl (C=O) groups is 1. The second-order valence-electron chi connectivity index (χ2n) is 5.02. The number of nitrogens with zero attached hydrogens (tertiary/aromatic N) is 3. The van der Waals surface area contributed by atoms with Crippen LogP contribution in [0.4, 0.5) is 0 Å². The van der Waals surface area contributed by atoms with E-state index in [1.165, 1.54) is 5.56 Å². The van der Waals surface area contributed by atoms with Gasteiger partial charge in [0, 0.05) is 6.42 Å². The van der Waals surface area contributed by atoms with E-state index in [2.05, 4.69) is 22.3 Å². The van der Waals surface area contributed by atoms with Crippen LogP contribution in [0.1, 0.15) is 24.2 Å². The molecule has 0 aliphatic carbocycles. The van der Waals surface area contributed by atoms with Crippen LogP contribution in [0.3, 0.4) is 0 Å². The molecule has 1 aromatic heterocycles. The molecule has 0 radical (unpaired) electrons. The Labute approximate surface area is 123 Å². The van der Waals surface area contributed by atoms with Gasteiger partial charge in [-0.2, -0.15) is 4.98 Å². The highest BCUT2D eigenvalue weighted by molar-refractivity contribution is 5.72. The predicted octanol–water partition coefficient (Wildman–Crippen LogP) is 1.76. The summed E-state index contributed by atoms with van der Waals surface area (Å²) in [6, 6.07) is 9.50. The molecule has 0 saturated heterocycles. The predicted molar refractivity (Wildman–Crippen MR) is 76.7 cm³/mol. The normalized spacial score (nSPS) is 12.5. The number of likely N-dealkylation sites (N-methyl/N-ethyl adjacent to an activating group) is 1. The van der Waals surface area contributed by atoms with E-state index in [9.17, 15) is 4.79 Å². The van der Waals surface area contributed by atoms with Crippen LogP contribution in [0.25, 0.3) is 0 Å². The number of hydrogen-bond acceptors (Lipinski definition) is 5. The number of carboxylic acid groups (broad SMARTS) is 1. The smallest absolute Gasteiger partial charge is 0.320 e. The monoisotopic (exact) mass is 289 g/mol. The first kappa shape index (κ1) is 15.2. The number of rotatable bonds is 7. The van der Waals surface area contributed by atoms with Gasteiger partial charge >= 0.3 is 5.97 Å². The SMILES string of the molecule is CC(C(=O)O)N(C)Cc1nc(CCc2ccccc2)no1. The van der Waals surface area contributed by atoms with Crippen molar-refractivity contribution in [3.63, 3.8) is 0 Å². The first-order chi connectivity index (χ1) is 10.1. The lowest BCUT2D eigenvalue weighted by Gasteiger charge is -2.18. The summed E-state index contributed by atoms with van der Waals surface area (Å²) in [5.74, 6) is 0.209. The fourth-order valence-corrected chi connectivity index (χ4v) is 1.90. The highest BCUT2D eigenvalue weighted by atomic mass is 16.5. The van der Waals surface area contributed by atoms with Crippen molar-refractivity contribution in [3.8, 4) is 0 Å². The van der Waals surface area contributed by atoms with E-state index >= 15 is 0 Å². The Kier molecular flexibility index (Phi) is 5.05. The molecule has 0 aliphatic rings. The summed E-state index contributed by atoms with van der Waals surface area (Å²) in [6.07, 6.45) is 1.55. The van der Waals surface area contributed by atoms with Crippen LogP contribution >= 0.6 is 0 Å². The van der Waals surface area contributed by atoms with Gasteiger partial charge in [0.2, 0.25) is 5.89 Å². The lowest BCUT2D eigenvalue weighted by atomic mass is 10.1. The summed E-state index contributed by atoms with van der Waals surface area (Å²) >= 11 is 0. The standard InChI is InChI=1S/C15H19N3O3/c1-11(15(19)20)18(2)10-14-16-13(17-21-14)9-8-12-6-4-3-5-7-12/h3-7,11H,8-10H2,1-2H3,(H,19,20). The van der Waals surface area contributed by atoms with Crippen LogP contribution in [-0.4, -0.2) is 39.2 Å². The summed E-state index contributed by atoms with van der Waals surface area (Å²) < 4.78 is 5.16. The maximum atomic E-state index is 10.9. The molecular formula is C15H19N3O3. The lowest BCUT2D eigenvalue weighted by Crippen LogP contribution is -2.35. The molecule has 0 spiro atoms. The van der Waals surface area contributed by atoms with E-state index < -0.39 is 12.0 Å². The molecule has 2 aromatic rings. The Balaban J connectivity index is 1.88. The molecule has 1 atom stereocenters. The quantitative estimate of drug-likeness (QED) is 0.836. The molecule has 1 unspecified atom stereocenters. The van der Waals surface area contributed by atoms with Crippen molar-refractivity contribution < 1.29 is 14.4 Å². The number of carboxylic acids is 1. The molecule has 6 heteroatoms. The van der Waals surface area contributed by atoms with Crippen LogP contribution in [0.5, 0.6) is 0 Å². The van der Waals surface area contributed by atoms with Crippen molar-refractivity contribution in [1.82, 2.24) is 15.0 Å². The molecule has 21 heavy (non-hydrogen) atoms. The summed E-state index contributed by atoms with van der Waals surface area (Å²) in [7, 11) is 1.71. The average Bonchev–Trinajstić information content (AvgIpc) is 2.92. The van der Waals surface area contributed by atoms with E-state index in [0.717, 1.165) is 6.42 Å². The highest BCUT2D eigenvalue weighted by Crippen LogP contribution is 2.08. The fraction of sp³-hybridized carbons (Fsp3) is 0.400. The van der Waals surface area contributed by atoms with Crippen molar-refractivity contribution in [2.75, 3.05) is 7.05 Å². The minimum absolute atomic E-state index is 0.325. The molecule has 0 aliphatic heterocycles. The van der Waals surface area contributed by atoms with Crippen LogP contribution in [0.2, 0.25) is 0 Å². The molecule has 1 heterocycles. The first-order valence-corrected chi connectivity index (χ1v) is 6.84. The first-order valence-electron chi connectivity index (χ1n) is 6.84. The van der Waals surface area contributed by atoms with Gasteiger partial charge < -0.3 is 9.63 Å². The lowest BCUT2D eigenvalue weighted by molar-refractivity contribution is -0.142. The summed E-state index contributed by atoms with van der Waals surface area (Å²) in [5.41, 5.74) is 1.22. The maximum absolute atomic E-state index is 10.9. The molecule has 0 amide bonds. The third-order valence-corrected chi connectivity index (χ3v) is 3.39. The van der Waals surface area contributed by atoms with Crippen LogP contribution in [0.15, 0.2) is 34.9 Å². The summed E-state index contributed by atoms with van der Waals surface area (Å²) in [6.45, 7) is 1.95. The molecule has 112 valence electrons. The minimum atomic E-state index is -0.874. The van der Waals surface area contributed by atoms with Gasteiger partial charge in [0.25, 0.3) is 0 Å². The largest absolute Gasteiger partial charge is 0.480 e. The van der Waals surface area contributed by atoms with E-state index in [1.54, 1.807) is 18.9 Å². The van der Waals surface area contributed by atoms with Gasteiger partial charge in [0.15, 0.2) is 5.82 Å². The van der Waals surface area contributed by atoms with Gasteiger partial charge in [-0.1, -0.05) is 35.5 Å². The Morgan fingerprint density at radius 3 is 2.71 bits per heavy atom. The van der Waals surface area contributed by atoms with E-state index in [-0.39, 0.29) is 0 Å². The van der Waals surface area contributed by atoms with Gasteiger partial charge in [-0.15, -0.1) is 0 Å². The third kappa shape index (κ3) is 4.39. The number of aromatic nitrogens is 2. The third-order valence-electron chi connectivity index (χ3n) is 3.39. The van der Waals surface area contributed by atoms with Crippen LogP contribution in [0, 0.1) is 0 Å². The molecule has 0 bridgehead atoms. The molecule has 6 nitrogen and oxygen atoms in total. The molecule has 1 aromatic carbocycles. The second-order valence-corrected chi connectivity index (χ2v) is 5.02. The van der Waals surface area contributed by atoms with Gasteiger partial charge in [-0.05, 0) is 26.0 Å². The van der Waals surface area contributed by atoms with Crippen LogP contribution in [-0.2, 0) is 24.2 Å². The maximum Gasteiger partial charge on any atom is 0.320 e. The summed E-state index contributed by atoms with van der Waals surface area (Å²) in [4.78, 5) is 16.8. The van der Waals surface area contributed by atoms with E-state index in [0.29, 0.717) is 24.7 Å². The Morgan fingerprint density at radius 1 is 1.33 bits per heavy atom. The molecule has 2 rings (SSSR count). The number of aliphatic carboxylic acids is 1. The Hall–Kier alpha value is -2.21. The topological polar surface area (TPSA) is 79.5 Å². The van der Waals surface area contributed by atoms with Crippen LogP contribution < -0.4 is 0 Å². The average molecular weight is 289 g/mol. The number of hydrogen-bond donors (Lipinski definition) is 1. The number of aryl methyl sites for hydroxylation is 2. The molecular weight excluding hydrogens is 270 g/mol. The second kappa shape index (κ2) is 6.99. The van der Waals surface area contributed by atoms with Crippen molar-refractivity contribution in [2.45, 2.75) is 32.4 Å². The zero-order chi connectivity index (χ0) is 15.2. The van der Waals surface area contributed by atoms with Crippen molar-refractivity contribution in [2.24, 2.45) is 0 Å². The molecule has 0 saturated carbocycles. The molecule has 0 fully saturated rings. The van der Waals surface area contributed by atoms with E-state index in [1.807, 2.05) is 18.2 Å². The Morgan fingerprint density at radius 2 is 2.05 bits per heavy atom. The zero-order valence-electron chi connectivity index (χ0n) is 12.2. The summed E-state index contributed by atoms with van der Waals surface area (Å²) in [5, 5.41) is 12.9. The van der Waals surface area contributed by atoms with Crippen molar-refractivity contribution >= 4 is 5.97 Å². The van der Waals surface area contributed by atoms with Crippen molar-refractivity contribution in [1.29, 1.82) is 0 Å². The van der Waals surface area contributed by atoms with Gasteiger partial charge in [-0.25, -0.2) is 0 Å².